The zero-order valence-corrected chi connectivity index (χ0v) is 13.0. The highest BCUT2D eigenvalue weighted by Gasteiger charge is 2.65. The van der Waals surface area contributed by atoms with Gasteiger partial charge < -0.3 is 20.5 Å². The molecule has 0 aromatic heterocycles. The maximum Gasteiger partial charge on any atom is 0.0690 e. The lowest BCUT2D eigenvalue weighted by Gasteiger charge is -2.66. The third-order valence-electron chi connectivity index (χ3n) is 5.98. The average Bonchev–Trinajstić information content (AvgIpc) is 2.96. The molecule has 0 radical (unpaired) electrons. The van der Waals surface area contributed by atoms with E-state index < -0.39 is 0 Å². The molecule has 3 rings (SSSR count). The lowest BCUT2D eigenvalue weighted by atomic mass is 9.46. The molecule has 3 fully saturated rings. The van der Waals surface area contributed by atoms with Crippen molar-refractivity contribution < 1.29 is 9.47 Å². The number of rotatable bonds is 5. The van der Waals surface area contributed by atoms with Crippen molar-refractivity contribution in [1.82, 2.24) is 5.32 Å². The van der Waals surface area contributed by atoms with Gasteiger partial charge >= 0.3 is 0 Å². The van der Waals surface area contributed by atoms with Gasteiger partial charge in [-0.2, -0.15) is 0 Å². The summed E-state index contributed by atoms with van der Waals surface area (Å²) < 4.78 is 11.6. The minimum absolute atomic E-state index is 0.0783. The van der Waals surface area contributed by atoms with Crippen LogP contribution in [-0.4, -0.2) is 44.1 Å². The number of nitrogens with two attached hydrogens (primary N) is 1. The molecule has 0 spiro atoms. The predicted molar refractivity (Wildman–Crippen MR) is 79.6 cm³/mol. The summed E-state index contributed by atoms with van der Waals surface area (Å²) in [6, 6.07) is 0. The van der Waals surface area contributed by atoms with Crippen molar-refractivity contribution in [1.29, 1.82) is 0 Å². The summed E-state index contributed by atoms with van der Waals surface area (Å²) in [6.07, 6.45) is 6.77. The van der Waals surface area contributed by atoms with Crippen molar-refractivity contribution in [3.05, 3.63) is 0 Å². The second kappa shape index (κ2) is 5.56. The fourth-order valence-corrected chi connectivity index (χ4v) is 4.46. The van der Waals surface area contributed by atoms with Crippen LogP contribution in [0.1, 0.15) is 46.0 Å². The molecule has 0 amide bonds. The van der Waals surface area contributed by atoms with E-state index in [4.69, 9.17) is 15.2 Å². The Kier molecular flexibility index (Phi) is 4.10. The van der Waals surface area contributed by atoms with Gasteiger partial charge in [-0.1, -0.05) is 13.8 Å². The topological polar surface area (TPSA) is 56.5 Å². The Labute approximate surface area is 122 Å². The summed E-state index contributed by atoms with van der Waals surface area (Å²) in [5.74, 6) is 0.529. The Morgan fingerprint density at radius 3 is 2.65 bits per heavy atom. The van der Waals surface area contributed by atoms with E-state index in [1.54, 1.807) is 0 Å². The second-order valence-electron chi connectivity index (χ2n) is 7.40. The number of hydrogen-bond acceptors (Lipinski definition) is 4. The molecule has 2 saturated heterocycles. The van der Waals surface area contributed by atoms with Crippen LogP contribution < -0.4 is 11.1 Å². The Balaban J connectivity index is 1.48. The Morgan fingerprint density at radius 2 is 1.90 bits per heavy atom. The van der Waals surface area contributed by atoms with E-state index in [0.717, 1.165) is 39.1 Å². The van der Waals surface area contributed by atoms with Crippen LogP contribution in [0.2, 0.25) is 0 Å². The zero-order chi connectivity index (χ0) is 14.2. The van der Waals surface area contributed by atoms with E-state index >= 15 is 0 Å². The van der Waals surface area contributed by atoms with Gasteiger partial charge in [0, 0.05) is 36.6 Å². The first-order valence-corrected chi connectivity index (χ1v) is 8.28. The monoisotopic (exact) mass is 282 g/mol. The lowest BCUT2D eigenvalue weighted by molar-refractivity contribution is -0.225. The van der Waals surface area contributed by atoms with Gasteiger partial charge in [0.2, 0.25) is 0 Å². The molecule has 3 N–H and O–H groups in total. The third-order valence-corrected chi connectivity index (χ3v) is 5.98. The van der Waals surface area contributed by atoms with Crippen LogP contribution in [0, 0.1) is 11.3 Å². The van der Waals surface area contributed by atoms with Gasteiger partial charge in [-0.15, -0.1) is 0 Å². The summed E-state index contributed by atoms with van der Waals surface area (Å²) in [5, 5.41) is 3.58. The van der Waals surface area contributed by atoms with E-state index in [1.165, 1.54) is 19.3 Å². The van der Waals surface area contributed by atoms with Gasteiger partial charge in [0.1, 0.15) is 0 Å². The molecular weight excluding hydrogens is 252 g/mol. The molecule has 0 bridgehead atoms. The number of hydrogen-bond donors (Lipinski definition) is 2. The standard InChI is InChI=1S/C16H30N2O2/c1-15(2)14-13(6-4-10-20-14)16(15,17)11-18-8-7-12-5-3-9-19-12/h12-14,18H,3-11,17H2,1-2H3. The first-order valence-electron chi connectivity index (χ1n) is 8.28. The summed E-state index contributed by atoms with van der Waals surface area (Å²) in [4.78, 5) is 0. The van der Waals surface area contributed by atoms with Crippen molar-refractivity contribution in [3.8, 4) is 0 Å². The van der Waals surface area contributed by atoms with Crippen molar-refractivity contribution in [2.75, 3.05) is 26.3 Å². The van der Waals surface area contributed by atoms with Crippen LogP contribution in [0.25, 0.3) is 0 Å². The first kappa shape index (κ1) is 14.8. The highest BCUT2D eigenvalue weighted by molar-refractivity contribution is 5.20. The second-order valence-corrected chi connectivity index (χ2v) is 7.40. The van der Waals surface area contributed by atoms with E-state index in [0.29, 0.717) is 18.1 Å². The average molecular weight is 282 g/mol. The smallest absolute Gasteiger partial charge is 0.0690 e. The van der Waals surface area contributed by atoms with Gasteiger partial charge in [0.05, 0.1) is 12.2 Å². The molecule has 1 saturated carbocycles. The first-order chi connectivity index (χ1) is 9.56. The lowest BCUT2D eigenvalue weighted by Crippen LogP contribution is -2.80. The van der Waals surface area contributed by atoms with E-state index in [-0.39, 0.29) is 11.0 Å². The van der Waals surface area contributed by atoms with Crippen LogP contribution in [-0.2, 0) is 9.47 Å². The molecule has 116 valence electrons. The van der Waals surface area contributed by atoms with Gasteiger partial charge in [0.15, 0.2) is 0 Å². The van der Waals surface area contributed by atoms with Crippen LogP contribution in [0.3, 0.4) is 0 Å². The third kappa shape index (κ3) is 2.31. The Bertz CT molecular complexity index is 341. The fourth-order valence-electron chi connectivity index (χ4n) is 4.46. The molecule has 0 aromatic rings. The minimum Gasteiger partial charge on any atom is -0.378 e. The summed E-state index contributed by atoms with van der Waals surface area (Å²) in [5.41, 5.74) is 6.72. The number of nitrogens with one attached hydrogen (secondary N) is 1. The molecule has 0 aromatic carbocycles. The molecule has 1 aliphatic carbocycles. The maximum atomic E-state index is 6.76. The molecule has 4 atom stereocenters. The fraction of sp³-hybridized carbons (Fsp3) is 1.00. The molecular formula is C16H30N2O2. The molecule has 4 nitrogen and oxygen atoms in total. The summed E-state index contributed by atoms with van der Waals surface area (Å²) >= 11 is 0. The zero-order valence-electron chi connectivity index (χ0n) is 13.0. The van der Waals surface area contributed by atoms with Crippen molar-refractivity contribution >= 4 is 0 Å². The normalized spacial score (nSPS) is 43.0. The largest absolute Gasteiger partial charge is 0.378 e. The number of ether oxygens (including phenoxy) is 2. The number of fused-ring (bicyclic) bond motifs is 1. The van der Waals surface area contributed by atoms with Crippen LogP contribution in [0.15, 0.2) is 0 Å². The molecule has 3 aliphatic rings. The molecule has 4 heteroatoms. The minimum atomic E-state index is -0.116. The van der Waals surface area contributed by atoms with Crippen LogP contribution in [0.5, 0.6) is 0 Å². The Morgan fingerprint density at radius 1 is 1.15 bits per heavy atom. The summed E-state index contributed by atoms with van der Waals surface area (Å²) in [7, 11) is 0. The molecule has 2 aliphatic heterocycles. The van der Waals surface area contributed by atoms with E-state index in [1.807, 2.05) is 0 Å². The quantitative estimate of drug-likeness (QED) is 0.753. The molecule has 4 unspecified atom stereocenters. The predicted octanol–water partition coefficient (Wildman–Crippen LogP) is 1.68. The molecule has 20 heavy (non-hydrogen) atoms. The van der Waals surface area contributed by atoms with Crippen molar-refractivity contribution in [3.63, 3.8) is 0 Å². The van der Waals surface area contributed by atoms with Gasteiger partial charge in [-0.3, -0.25) is 0 Å². The van der Waals surface area contributed by atoms with Gasteiger partial charge in [-0.05, 0) is 38.6 Å². The van der Waals surface area contributed by atoms with Crippen molar-refractivity contribution in [2.24, 2.45) is 17.1 Å². The van der Waals surface area contributed by atoms with Crippen LogP contribution >= 0.6 is 0 Å². The van der Waals surface area contributed by atoms with E-state index in [9.17, 15) is 0 Å². The molecule has 2 heterocycles. The van der Waals surface area contributed by atoms with E-state index in [2.05, 4.69) is 19.2 Å². The SMILES string of the molecule is CC1(C)C2OCCCC2C1(N)CNCCC1CCCO1. The highest BCUT2D eigenvalue weighted by Crippen LogP contribution is 2.56. The maximum absolute atomic E-state index is 6.76. The summed E-state index contributed by atoms with van der Waals surface area (Å²) in [6.45, 7) is 8.30. The van der Waals surface area contributed by atoms with Gasteiger partial charge in [0.25, 0.3) is 0 Å². The Hall–Kier alpha value is -0.160. The van der Waals surface area contributed by atoms with Crippen molar-refractivity contribution in [2.45, 2.75) is 63.7 Å². The van der Waals surface area contributed by atoms with Crippen LogP contribution in [0.4, 0.5) is 0 Å². The van der Waals surface area contributed by atoms with Gasteiger partial charge in [-0.25, -0.2) is 0 Å². The highest BCUT2D eigenvalue weighted by atomic mass is 16.5.